The molecule has 19 heavy (non-hydrogen) atoms. The predicted molar refractivity (Wildman–Crippen MR) is 81.5 cm³/mol. The van der Waals surface area contributed by atoms with Gasteiger partial charge >= 0.3 is 0 Å². The lowest BCUT2D eigenvalue weighted by atomic mass is 9.92. The summed E-state index contributed by atoms with van der Waals surface area (Å²) in [4.78, 5) is 2.49. The monoisotopic (exact) mass is 286 g/mol. The minimum atomic E-state index is 0. The Kier molecular flexibility index (Phi) is 6.30. The van der Waals surface area contributed by atoms with Crippen LogP contribution >= 0.6 is 12.4 Å². The number of nitrogens with zero attached hydrogens (tertiary/aromatic N) is 3. The number of nitrogens with two attached hydrogens (primary N) is 1. The van der Waals surface area contributed by atoms with Crippen molar-refractivity contribution in [2.45, 2.75) is 52.2 Å². The Bertz CT molecular complexity index is 377. The van der Waals surface area contributed by atoms with Gasteiger partial charge in [0.05, 0.1) is 5.69 Å². The van der Waals surface area contributed by atoms with Crippen molar-refractivity contribution in [3.63, 3.8) is 0 Å². The molecule has 2 N–H and O–H groups in total. The van der Waals surface area contributed by atoms with Crippen LogP contribution in [0.25, 0.3) is 0 Å². The first-order valence-corrected chi connectivity index (χ1v) is 7.08. The van der Waals surface area contributed by atoms with Crippen molar-refractivity contribution in [2.75, 3.05) is 13.1 Å². The molecular weight excluding hydrogens is 260 g/mol. The highest BCUT2D eigenvalue weighted by atomic mass is 35.5. The zero-order valence-corrected chi connectivity index (χ0v) is 13.1. The summed E-state index contributed by atoms with van der Waals surface area (Å²) in [6, 6.07) is 3.09. The van der Waals surface area contributed by atoms with Gasteiger partial charge in [-0.1, -0.05) is 6.92 Å². The molecule has 1 aromatic rings. The molecular formula is C14H27ClN4. The van der Waals surface area contributed by atoms with E-state index < -0.39 is 0 Å². The summed E-state index contributed by atoms with van der Waals surface area (Å²) in [7, 11) is 0. The summed E-state index contributed by atoms with van der Waals surface area (Å²) in [5.41, 5.74) is 7.06. The zero-order chi connectivity index (χ0) is 13.1. The molecule has 0 aliphatic carbocycles. The molecule has 0 bridgehead atoms. The molecule has 2 heterocycles. The first-order chi connectivity index (χ1) is 8.60. The van der Waals surface area contributed by atoms with E-state index in [0.717, 1.165) is 31.2 Å². The van der Waals surface area contributed by atoms with Gasteiger partial charge in [0.25, 0.3) is 0 Å². The largest absolute Gasteiger partial charge is 0.329 e. The summed E-state index contributed by atoms with van der Waals surface area (Å²) in [6.07, 6.45) is 4.58. The molecule has 0 aromatic carbocycles. The summed E-state index contributed by atoms with van der Waals surface area (Å²) in [5.74, 6) is 0.808. The number of aromatic nitrogens is 2. The fourth-order valence-electron chi connectivity index (χ4n) is 2.71. The first-order valence-electron chi connectivity index (χ1n) is 7.08. The summed E-state index contributed by atoms with van der Waals surface area (Å²) < 4.78 is 2.03. The number of hydrogen-bond acceptors (Lipinski definition) is 3. The van der Waals surface area contributed by atoms with Crippen molar-refractivity contribution >= 4 is 12.4 Å². The maximum absolute atomic E-state index is 5.90. The number of likely N-dealkylation sites (tertiary alicyclic amines) is 1. The van der Waals surface area contributed by atoms with Crippen molar-refractivity contribution in [2.24, 2.45) is 11.7 Å². The minimum Gasteiger partial charge on any atom is -0.329 e. The molecule has 2 unspecified atom stereocenters. The van der Waals surface area contributed by atoms with E-state index in [4.69, 9.17) is 5.73 Å². The standard InChI is InChI=1S/C14H26N4.ClH/c1-11(2)18-7-5-13(16-18)10-17-6-4-12(3)8-14(17)9-15;/h5,7,11-12,14H,4,6,8-10,15H2,1-3H3;1H. The average molecular weight is 287 g/mol. The van der Waals surface area contributed by atoms with Gasteiger partial charge in [0, 0.05) is 31.4 Å². The molecule has 1 aliphatic rings. The molecule has 4 nitrogen and oxygen atoms in total. The van der Waals surface area contributed by atoms with Crippen LogP contribution < -0.4 is 5.73 Å². The molecule has 2 atom stereocenters. The van der Waals surface area contributed by atoms with E-state index in [1.54, 1.807) is 0 Å². The molecule has 5 heteroatoms. The third-order valence-corrected chi connectivity index (χ3v) is 3.93. The average Bonchev–Trinajstić information content (AvgIpc) is 2.80. The van der Waals surface area contributed by atoms with Gasteiger partial charge in [0.2, 0.25) is 0 Å². The predicted octanol–water partition coefficient (Wildman–Crippen LogP) is 2.45. The Labute approximate surface area is 122 Å². The van der Waals surface area contributed by atoms with Gasteiger partial charge in [0.1, 0.15) is 0 Å². The normalized spacial score (nSPS) is 24.5. The van der Waals surface area contributed by atoms with Gasteiger partial charge in [-0.05, 0) is 45.2 Å². The molecule has 1 aromatic heterocycles. The lowest BCUT2D eigenvalue weighted by Gasteiger charge is -2.37. The Morgan fingerprint density at radius 3 is 2.79 bits per heavy atom. The number of hydrogen-bond donors (Lipinski definition) is 1. The topological polar surface area (TPSA) is 47.1 Å². The fourth-order valence-corrected chi connectivity index (χ4v) is 2.71. The summed E-state index contributed by atoms with van der Waals surface area (Å²) in [5, 5.41) is 4.63. The van der Waals surface area contributed by atoms with E-state index in [2.05, 4.69) is 43.0 Å². The van der Waals surface area contributed by atoms with Crippen LogP contribution in [0.3, 0.4) is 0 Å². The quantitative estimate of drug-likeness (QED) is 0.925. The first kappa shape index (κ1) is 16.5. The van der Waals surface area contributed by atoms with Crippen molar-refractivity contribution in [3.8, 4) is 0 Å². The Hall–Kier alpha value is -0.580. The van der Waals surface area contributed by atoms with Crippen molar-refractivity contribution in [3.05, 3.63) is 18.0 Å². The highest BCUT2D eigenvalue weighted by Crippen LogP contribution is 2.23. The van der Waals surface area contributed by atoms with E-state index in [9.17, 15) is 0 Å². The number of rotatable bonds is 4. The molecule has 110 valence electrons. The Morgan fingerprint density at radius 1 is 1.47 bits per heavy atom. The van der Waals surface area contributed by atoms with Crippen LogP contribution in [-0.4, -0.2) is 33.8 Å². The van der Waals surface area contributed by atoms with Crippen molar-refractivity contribution < 1.29 is 0 Å². The van der Waals surface area contributed by atoms with E-state index in [1.807, 2.05) is 4.68 Å². The van der Waals surface area contributed by atoms with Gasteiger partial charge in [-0.3, -0.25) is 9.58 Å². The van der Waals surface area contributed by atoms with Gasteiger partial charge in [0.15, 0.2) is 0 Å². The van der Waals surface area contributed by atoms with E-state index in [1.165, 1.54) is 12.8 Å². The third-order valence-electron chi connectivity index (χ3n) is 3.93. The van der Waals surface area contributed by atoms with E-state index in [0.29, 0.717) is 12.1 Å². The molecule has 1 saturated heterocycles. The number of halogens is 1. The molecule has 0 saturated carbocycles. The van der Waals surface area contributed by atoms with Gasteiger partial charge in [-0.15, -0.1) is 12.4 Å². The molecule has 1 aliphatic heterocycles. The lowest BCUT2D eigenvalue weighted by molar-refractivity contribution is 0.113. The Balaban J connectivity index is 0.00000180. The fraction of sp³-hybridized carbons (Fsp3) is 0.786. The van der Waals surface area contributed by atoms with E-state index in [-0.39, 0.29) is 12.4 Å². The second-order valence-electron chi connectivity index (χ2n) is 5.87. The second-order valence-corrected chi connectivity index (χ2v) is 5.87. The molecule has 2 rings (SSSR count). The SMILES string of the molecule is CC1CCN(Cc2ccn(C(C)C)n2)C(CN)C1.Cl. The molecule has 0 amide bonds. The van der Waals surface area contributed by atoms with Gasteiger partial charge < -0.3 is 5.73 Å². The highest BCUT2D eigenvalue weighted by Gasteiger charge is 2.25. The third kappa shape index (κ3) is 4.20. The molecule has 0 radical (unpaired) electrons. The van der Waals surface area contributed by atoms with Crippen LogP contribution in [0.2, 0.25) is 0 Å². The van der Waals surface area contributed by atoms with Crippen molar-refractivity contribution in [1.29, 1.82) is 0 Å². The molecule has 1 fully saturated rings. The highest BCUT2D eigenvalue weighted by molar-refractivity contribution is 5.85. The number of piperidine rings is 1. The van der Waals surface area contributed by atoms with Gasteiger partial charge in [-0.25, -0.2) is 0 Å². The summed E-state index contributed by atoms with van der Waals surface area (Å²) in [6.45, 7) is 9.48. The van der Waals surface area contributed by atoms with Crippen LogP contribution in [0, 0.1) is 5.92 Å². The minimum absolute atomic E-state index is 0. The van der Waals surface area contributed by atoms with Crippen molar-refractivity contribution in [1.82, 2.24) is 14.7 Å². The van der Waals surface area contributed by atoms with Crippen LogP contribution in [-0.2, 0) is 6.54 Å². The van der Waals surface area contributed by atoms with Gasteiger partial charge in [-0.2, -0.15) is 5.10 Å². The Morgan fingerprint density at radius 2 is 2.21 bits per heavy atom. The van der Waals surface area contributed by atoms with Crippen LogP contribution in [0.15, 0.2) is 12.3 Å². The van der Waals surface area contributed by atoms with Crippen LogP contribution in [0.5, 0.6) is 0 Å². The smallest absolute Gasteiger partial charge is 0.0765 e. The van der Waals surface area contributed by atoms with Crippen LogP contribution in [0.1, 0.15) is 45.3 Å². The van der Waals surface area contributed by atoms with Crippen LogP contribution in [0.4, 0.5) is 0 Å². The maximum Gasteiger partial charge on any atom is 0.0765 e. The van der Waals surface area contributed by atoms with E-state index >= 15 is 0 Å². The summed E-state index contributed by atoms with van der Waals surface area (Å²) >= 11 is 0. The molecule has 0 spiro atoms. The zero-order valence-electron chi connectivity index (χ0n) is 12.2. The maximum atomic E-state index is 5.90. The second kappa shape index (κ2) is 7.27. The lowest BCUT2D eigenvalue weighted by Crippen LogP contribution is -2.45.